The Hall–Kier alpha value is -3.84. The van der Waals surface area contributed by atoms with Crippen molar-refractivity contribution in [3.8, 4) is 11.4 Å². The maximum Gasteiger partial charge on any atom is 0.234 e. The highest BCUT2D eigenvalue weighted by atomic mass is 32.2. The molecule has 5 aromatic rings. The van der Waals surface area contributed by atoms with Gasteiger partial charge in [0.15, 0.2) is 11.0 Å². The molecule has 6 nitrogen and oxygen atoms in total. The van der Waals surface area contributed by atoms with Crippen LogP contribution in [0.25, 0.3) is 22.3 Å². The van der Waals surface area contributed by atoms with Crippen molar-refractivity contribution in [2.24, 2.45) is 0 Å². The molecular formula is C28H25N5OS. The number of thioether (sulfide) groups is 1. The molecule has 1 aliphatic rings. The molecule has 3 aromatic carbocycles. The number of carbonyl (C=O) groups excluding carboxylic acids is 1. The van der Waals surface area contributed by atoms with Gasteiger partial charge in [-0.05, 0) is 42.5 Å². The number of amides is 1. The molecule has 35 heavy (non-hydrogen) atoms. The predicted octanol–water partition coefficient (Wildman–Crippen LogP) is 6.08. The lowest BCUT2D eigenvalue weighted by atomic mass is 10.0. The topological polar surface area (TPSA) is 75.6 Å². The van der Waals surface area contributed by atoms with Gasteiger partial charge in [-0.15, -0.1) is 10.2 Å². The molecule has 1 saturated carbocycles. The second-order valence-corrected chi connectivity index (χ2v) is 9.75. The third kappa shape index (κ3) is 4.59. The van der Waals surface area contributed by atoms with Crippen molar-refractivity contribution in [1.29, 1.82) is 0 Å². The van der Waals surface area contributed by atoms with Crippen LogP contribution >= 0.6 is 11.8 Å². The number of carbonyl (C=O) groups is 1. The molecule has 0 radical (unpaired) electrons. The zero-order valence-corrected chi connectivity index (χ0v) is 20.0. The number of hydrogen-bond acceptors (Lipinski definition) is 4. The molecule has 0 atom stereocenters. The van der Waals surface area contributed by atoms with E-state index in [1.165, 1.54) is 17.3 Å². The maximum atomic E-state index is 12.9. The van der Waals surface area contributed by atoms with E-state index in [4.69, 9.17) is 0 Å². The molecule has 0 bridgehead atoms. The number of rotatable bonds is 8. The van der Waals surface area contributed by atoms with Crippen LogP contribution in [0.5, 0.6) is 0 Å². The van der Waals surface area contributed by atoms with E-state index < -0.39 is 0 Å². The van der Waals surface area contributed by atoms with Crippen molar-refractivity contribution in [3.05, 3.63) is 96.2 Å². The number of para-hydroxylation sites is 2. The Morgan fingerprint density at radius 3 is 2.60 bits per heavy atom. The molecule has 6 rings (SSSR count). The lowest BCUT2D eigenvalue weighted by molar-refractivity contribution is -0.113. The summed E-state index contributed by atoms with van der Waals surface area (Å²) in [7, 11) is 0. The summed E-state index contributed by atoms with van der Waals surface area (Å²) in [6.07, 6.45) is 4.99. The summed E-state index contributed by atoms with van der Waals surface area (Å²) in [6, 6.07) is 26.9. The summed E-state index contributed by atoms with van der Waals surface area (Å²) >= 11 is 1.44. The number of H-pyrrole nitrogens is 1. The van der Waals surface area contributed by atoms with Gasteiger partial charge in [0, 0.05) is 34.4 Å². The Balaban J connectivity index is 1.18. The monoisotopic (exact) mass is 479 g/mol. The van der Waals surface area contributed by atoms with E-state index >= 15 is 0 Å². The number of nitrogens with one attached hydrogen (secondary N) is 2. The molecule has 7 heteroatoms. The summed E-state index contributed by atoms with van der Waals surface area (Å²) < 4.78 is 2.21. The van der Waals surface area contributed by atoms with Gasteiger partial charge >= 0.3 is 0 Å². The molecule has 1 amide bonds. The van der Waals surface area contributed by atoms with Crippen molar-refractivity contribution in [2.75, 3.05) is 11.1 Å². The molecule has 1 fully saturated rings. The minimum Gasteiger partial charge on any atom is -0.360 e. The Labute approximate surface area is 207 Å². The smallest absolute Gasteiger partial charge is 0.234 e. The average molecular weight is 480 g/mol. The molecule has 1 aliphatic carbocycles. The number of aromatic amines is 1. The van der Waals surface area contributed by atoms with Crippen molar-refractivity contribution >= 4 is 34.3 Å². The van der Waals surface area contributed by atoms with Crippen molar-refractivity contribution in [2.45, 2.75) is 30.5 Å². The van der Waals surface area contributed by atoms with Crippen LogP contribution in [-0.2, 0) is 11.2 Å². The highest BCUT2D eigenvalue weighted by molar-refractivity contribution is 7.99. The Kier molecular flexibility index (Phi) is 5.84. The van der Waals surface area contributed by atoms with Crippen LogP contribution in [0.4, 0.5) is 5.69 Å². The number of aromatic nitrogens is 4. The highest BCUT2D eigenvalue weighted by Gasteiger charge is 2.31. The van der Waals surface area contributed by atoms with E-state index in [0.717, 1.165) is 58.0 Å². The third-order valence-electron chi connectivity index (χ3n) is 6.27. The Morgan fingerprint density at radius 1 is 0.971 bits per heavy atom. The number of anilines is 1. The molecule has 2 heterocycles. The normalized spacial score (nSPS) is 13.3. The zero-order chi connectivity index (χ0) is 23.6. The first-order valence-electron chi connectivity index (χ1n) is 11.8. The Morgan fingerprint density at radius 2 is 1.74 bits per heavy atom. The van der Waals surface area contributed by atoms with E-state index in [9.17, 15) is 4.79 Å². The maximum absolute atomic E-state index is 12.9. The van der Waals surface area contributed by atoms with Gasteiger partial charge in [-0.3, -0.25) is 9.36 Å². The first kappa shape index (κ1) is 21.7. The fraction of sp³-hybridized carbons (Fsp3) is 0.179. The summed E-state index contributed by atoms with van der Waals surface area (Å²) in [4.78, 5) is 16.2. The van der Waals surface area contributed by atoms with Gasteiger partial charge in [-0.25, -0.2) is 0 Å². The fourth-order valence-electron chi connectivity index (χ4n) is 4.41. The number of benzene rings is 3. The van der Waals surface area contributed by atoms with Crippen LogP contribution < -0.4 is 5.32 Å². The Bertz CT molecular complexity index is 1490. The number of hydrogen-bond donors (Lipinski definition) is 2. The van der Waals surface area contributed by atoms with Crippen molar-refractivity contribution in [3.63, 3.8) is 0 Å². The van der Waals surface area contributed by atoms with Crippen LogP contribution in [0.15, 0.2) is 90.2 Å². The van der Waals surface area contributed by atoms with Crippen LogP contribution in [-0.4, -0.2) is 31.4 Å². The van der Waals surface area contributed by atoms with Gasteiger partial charge in [-0.1, -0.05) is 78.5 Å². The standard InChI is InChI=1S/C28H25N5OS/c34-26(30-24-12-6-4-10-20(24)16-19-8-2-1-3-9-19)18-35-28-32-31-27(33(28)21-14-15-21)23-17-29-25-13-7-5-11-22(23)25/h1-13,17,21,29H,14-16,18H2,(H,30,34). The fourth-order valence-corrected chi connectivity index (χ4v) is 5.21. The largest absolute Gasteiger partial charge is 0.360 e. The van der Waals surface area contributed by atoms with Gasteiger partial charge in [0.05, 0.1) is 5.75 Å². The number of fused-ring (bicyclic) bond motifs is 1. The lowest BCUT2D eigenvalue weighted by Gasteiger charge is -2.12. The minimum absolute atomic E-state index is 0.0468. The van der Waals surface area contributed by atoms with Crippen LogP contribution in [0, 0.1) is 0 Å². The summed E-state index contributed by atoms with van der Waals surface area (Å²) in [5.74, 6) is 1.09. The summed E-state index contributed by atoms with van der Waals surface area (Å²) in [5, 5.41) is 14.0. The average Bonchev–Trinajstić information content (AvgIpc) is 3.50. The first-order valence-corrected chi connectivity index (χ1v) is 12.8. The van der Waals surface area contributed by atoms with Gasteiger partial charge in [0.1, 0.15) is 0 Å². The lowest BCUT2D eigenvalue weighted by Crippen LogP contribution is -2.16. The zero-order valence-electron chi connectivity index (χ0n) is 19.1. The minimum atomic E-state index is -0.0468. The molecule has 2 N–H and O–H groups in total. The summed E-state index contributed by atoms with van der Waals surface area (Å²) in [5.41, 5.74) is 5.29. The first-order chi connectivity index (χ1) is 17.3. The second kappa shape index (κ2) is 9.43. The molecule has 0 unspecified atom stereocenters. The van der Waals surface area contributed by atoms with Gasteiger partial charge in [0.25, 0.3) is 0 Å². The van der Waals surface area contributed by atoms with Crippen molar-refractivity contribution < 1.29 is 4.79 Å². The SMILES string of the molecule is O=C(CSc1nnc(-c2c[nH]c3ccccc23)n1C1CC1)Nc1ccccc1Cc1ccccc1. The van der Waals surface area contributed by atoms with E-state index in [1.54, 1.807) is 0 Å². The van der Waals surface area contributed by atoms with Gasteiger partial charge < -0.3 is 10.3 Å². The molecular weight excluding hydrogens is 454 g/mol. The molecule has 0 spiro atoms. The van der Waals surface area contributed by atoms with Crippen LogP contribution in [0.2, 0.25) is 0 Å². The van der Waals surface area contributed by atoms with E-state index in [2.05, 4.69) is 55.4 Å². The second-order valence-electron chi connectivity index (χ2n) is 8.81. The van der Waals surface area contributed by atoms with Gasteiger partial charge in [0.2, 0.25) is 5.91 Å². The molecule has 0 saturated heterocycles. The van der Waals surface area contributed by atoms with E-state index in [0.29, 0.717) is 6.04 Å². The molecule has 174 valence electrons. The van der Waals surface area contributed by atoms with Gasteiger partial charge in [-0.2, -0.15) is 0 Å². The van der Waals surface area contributed by atoms with E-state index in [-0.39, 0.29) is 11.7 Å². The van der Waals surface area contributed by atoms with Crippen molar-refractivity contribution in [1.82, 2.24) is 19.7 Å². The molecule has 0 aliphatic heterocycles. The third-order valence-corrected chi connectivity index (χ3v) is 7.21. The molecule has 2 aromatic heterocycles. The van der Waals surface area contributed by atoms with Crippen LogP contribution in [0.3, 0.4) is 0 Å². The summed E-state index contributed by atoms with van der Waals surface area (Å²) in [6.45, 7) is 0. The quantitative estimate of drug-likeness (QED) is 0.264. The van der Waals surface area contributed by atoms with E-state index in [1.807, 2.05) is 54.7 Å². The highest BCUT2D eigenvalue weighted by Crippen LogP contribution is 2.42. The predicted molar refractivity (Wildman–Crippen MR) is 141 cm³/mol. The number of nitrogens with zero attached hydrogens (tertiary/aromatic N) is 3. The van der Waals surface area contributed by atoms with Crippen LogP contribution in [0.1, 0.15) is 30.0 Å².